The molecule has 0 unspecified atom stereocenters. The van der Waals surface area contributed by atoms with E-state index < -0.39 is 0 Å². The van der Waals surface area contributed by atoms with Crippen LogP contribution in [0.5, 0.6) is 0 Å². The van der Waals surface area contributed by atoms with E-state index in [-0.39, 0.29) is 23.9 Å². The third kappa shape index (κ3) is 3.91. The molecule has 4 aromatic rings. The number of fused-ring (bicyclic) bond motifs is 2. The first-order chi connectivity index (χ1) is 16.6. The number of nitrogens with zero attached hydrogens (tertiary/aromatic N) is 3. The number of hydrogen-bond acceptors (Lipinski definition) is 4. The van der Waals surface area contributed by atoms with E-state index in [2.05, 4.69) is 5.32 Å². The highest BCUT2D eigenvalue weighted by Crippen LogP contribution is 2.31. The average molecular weight is 459 g/mol. The number of aryl methyl sites for hydroxylation is 2. The van der Waals surface area contributed by atoms with Gasteiger partial charge in [0.1, 0.15) is 6.26 Å². The van der Waals surface area contributed by atoms with E-state index in [1.165, 1.54) is 12.5 Å². The van der Waals surface area contributed by atoms with Crippen LogP contribution in [0.2, 0.25) is 0 Å². The van der Waals surface area contributed by atoms with Crippen molar-refractivity contribution >= 4 is 34.2 Å². The fourth-order valence-corrected chi connectivity index (χ4v) is 4.60. The highest BCUT2D eigenvalue weighted by Gasteiger charge is 2.26. The summed E-state index contributed by atoms with van der Waals surface area (Å²) in [6, 6.07) is 14.9. The van der Waals surface area contributed by atoms with Crippen LogP contribution in [0.4, 0.5) is 11.4 Å². The number of anilines is 2. The Morgan fingerprint density at radius 2 is 1.79 bits per heavy atom. The molecule has 0 spiro atoms. The van der Waals surface area contributed by atoms with Crippen molar-refractivity contribution in [3.05, 3.63) is 82.7 Å². The minimum atomic E-state index is -0.163. The monoisotopic (exact) mass is 458 g/mol. The maximum absolute atomic E-state index is 12.9. The lowest BCUT2D eigenvalue weighted by atomic mass is 10.1. The molecule has 174 valence electrons. The molecule has 2 aromatic carbocycles. The Hall–Kier alpha value is -4.07. The van der Waals surface area contributed by atoms with Crippen LogP contribution in [0.25, 0.3) is 11.0 Å². The van der Waals surface area contributed by atoms with Crippen molar-refractivity contribution in [3.63, 3.8) is 0 Å². The number of aromatic nitrogens is 2. The van der Waals surface area contributed by atoms with Gasteiger partial charge in [-0.1, -0.05) is 19.1 Å². The maximum Gasteiger partial charge on any atom is 0.329 e. The van der Waals surface area contributed by atoms with Crippen molar-refractivity contribution in [2.75, 3.05) is 16.8 Å². The average Bonchev–Trinajstić information content (AvgIpc) is 3.57. The van der Waals surface area contributed by atoms with Crippen molar-refractivity contribution < 1.29 is 14.0 Å². The number of para-hydroxylation sites is 2. The number of benzene rings is 2. The van der Waals surface area contributed by atoms with Crippen LogP contribution in [0.3, 0.4) is 0 Å². The Bertz CT molecular complexity index is 1410. The van der Waals surface area contributed by atoms with E-state index in [1.54, 1.807) is 26.2 Å². The van der Waals surface area contributed by atoms with E-state index in [9.17, 15) is 14.4 Å². The topological polar surface area (TPSA) is 89.5 Å². The van der Waals surface area contributed by atoms with Crippen LogP contribution in [0.1, 0.15) is 35.7 Å². The summed E-state index contributed by atoms with van der Waals surface area (Å²) in [5.74, 6) is -0.263. The van der Waals surface area contributed by atoms with Gasteiger partial charge in [-0.2, -0.15) is 0 Å². The lowest BCUT2D eigenvalue weighted by molar-refractivity contribution is -0.116. The Morgan fingerprint density at radius 3 is 2.50 bits per heavy atom. The summed E-state index contributed by atoms with van der Waals surface area (Å²) in [5.41, 5.74) is 4.70. The Morgan fingerprint density at radius 1 is 1.03 bits per heavy atom. The SMILES string of the molecule is CCCn1c(=O)n(CCC(=O)Nc2ccc3c(c2)CCN3C(=O)c2ccoc2)c2ccccc21. The Kier molecular flexibility index (Phi) is 5.79. The minimum absolute atomic E-state index is 0.0873. The molecule has 1 aliphatic rings. The fraction of sp³-hybridized carbons (Fsp3) is 0.269. The van der Waals surface area contributed by atoms with Gasteiger partial charge in [-0.3, -0.25) is 18.7 Å². The molecule has 0 atom stereocenters. The number of furan rings is 1. The number of hydrogen-bond donors (Lipinski definition) is 1. The first-order valence-corrected chi connectivity index (χ1v) is 11.5. The molecule has 3 heterocycles. The van der Waals surface area contributed by atoms with Gasteiger partial charge in [0.2, 0.25) is 5.91 Å². The molecule has 5 rings (SSSR count). The van der Waals surface area contributed by atoms with Gasteiger partial charge in [0, 0.05) is 37.4 Å². The molecule has 8 heteroatoms. The number of rotatable bonds is 7. The van der Waals surface area contributed by atoms with Gasteiger partial charge < -0.3 is 14.6 Å². The second-order valence-electron chi connectivity index (χ2n) is 8.44. The Labute approximate surface area is 196 Å². The molecule has 0 bridgehead atoms. The largest absolute Gasteiger partial charge is 0.472 e. The normalized spacial score (nSPS) is 12.8. The second kappa shape index (κ2) is 9.05. The zero-order chi connectivity index (χ0) is 23.7. The third-order valence-electron chi connectivity index (χ3n) is 6.21. The summed E-state index contributed by atoms with van der Waals surface area (Å²) in [4.78, 5) is 40.0. The second-order valence-corrected chi connectivity index (χ2v) is 8.44. The summed E-state index contributed by atoms with van der Waals surface area (Å²) >= 11 is 0. The van der Waals surface area contributed by atoms with Gasteiger partial charge in [0.05, 0.1) is 22.9 Å². The molecule has 0 radical (unpaired) electrons. The van der Waals surface area contributed by atoms with Crippen LogP contribution < -0.4 is 15.9 Å². The molecule has 1 aliphatic heterocycles. The lowest BCUT2D eigenvalue weighted by Gasteiger charge is -2.16. The molecule has 1 N–H and O–H groups in total. The molecule has 2 amide bonds. The van der Waals surface area contributed by atoms with Crippen molar-refractivity contribution in [2.45, 2.75) is 39.3 Å². The predicted molar refractivity (Wildman–Crippen MR) is 130 cm³/mol. The molecular formula is C26H26N4O4. The third-order valence-corrected chi connectivity index (χ3v) is 6.21. The van der Waals surface area contributed by atoms with Crippen LogP contribution in [-0.4, -0.2) is 27.5 Å². The van der Waals surface area contributed by atoms with Gasteiger partial charge in [-0.25, -0.2) is 4.79 Å². The standard InChI is InChI=1S/C26H26N4O4/c1-2-12-29-22-5-3-4-6-23(22)30(26(29)33)14-10-24(31)27-20-7-8-21-18(16-20)9-13-28(21)25(32)19-11-15-34-17-19/h3-8,11,15-17H,2,9-10,12-14H2,1H3,(H,27,31). The van der Waals surface area contributed by atoms with Gasteiger partial charge in [-0.15, -0.1) is 0 Å². The molecule has 8 nitrogen and oxygen atoms in total. The number of carbonyl (C=O) groups excluding carboxylic acids is 2. The quantitative estimate of drug-likeness (QED) is 0.453. The first-order valence-electron chi connectivity index (χ1n) is 11.5. The summed E-state index contributed by atoms with van der Waals surface area (Å²) in [6.07, 6.45) is 4.69. The molecule has 0 saturated carbocycles. The highest BCUT2D eigenvalue weighted by molar-refractivity contribution is 6.07. The minimum Gasteiger partial charge on any atom is -0.472 e. The number of nitrogens with one attached hydrogen (secondary N) is 1. The van der Waals surface area contributed by atoms with Crippen molar-refractivity contribution in [1.29, 1.82) is 0 Å². The van der Waals surface area contributed by atoms with Crippen molar-refractivity contribution in [2.24, 2.45) is 0 Å². The molecular weight excluding hydrogens is 432 g/mol. The Balaban J connectivity index is 1.27. The van der Waals surface area contributed by atoms with Crippen LogP contribution >= 0.6 is 0 Å². The molecule has 0 aliphatic carbocycles. The van der Waals surface area contributed by atoms with E-state index in [1.807, 2.05) is 43.3 Å². The maximum atomic E-state index is 12.9. The molecule has 34 heavy (non-hydrogen) atoms. The molecule has 0 saturated heterocycles. The van der Waals surface area contributed by atoms with E-state index >= 15 is 0 Å². The zero-order valence-corrected chi connectivity index (χ0v) is 19.0. The molecule has 2 aromatic heterocycles. The van der Waals surface area contributed by atoms with Gasteiger partial charge in [-0.05, 0) is 54.8 Å². The summed E-state index contributed by atoms with van der Waals surface area (Å²) < 4.78 is 8.47. The van der Waals surface area contributed by atoms with Crippen LogP contribution in [0, 0.1) is 0 Å². The number of amides is 2. The van der Waals surface area contributed by atoms with Gasteiger partial charge >= 0.3 is 5.69 Å². The van der Waals surface area contributed by atoms with Crippen LogP contribution in [0.15, 0.2) is 70.3 Å². The zero-order valence-electron chi connectivity index (χ0n) is 19.0. The smallest absolute Gasteiger partial charge is 0.329 e. The van der Waals surface area contributed by atoms with E-state index in [4.69, 9.17) is 4.42 Å². The van der Waals surface area contributed by atoms with E-state index in [0.29, 0.717) is 30.9 Å². The number of imidazole rings is 1. The highest BCUT2D eigenvalue weighted by atomic mass is 16.3. The van der Waals surface area contributed by atoms with Crippen LogP contribution in [-0.2, 0) is 24.3 Å². The first kappa shape index (κ1) is 21.8. The summed E-state index contributed by atoms with van der Waals surface area (Å²) in [7, 11) is 0. The predicted octanol–water partition coefficient (Wildman–Crippen LogP) is 4.04. The summed E-state index contributed by atoms with van der Waals surface area (Å²) in [5, 5.41) is 2.93. The lowest BCUT2D eigenvalue weighted by Crippen LogP contribution is -2.28. The van der Waals surface area contributed by atoms with Gasteiger partial charge in [0.25, 0.3) is 5.91 Å². The van der Waals surface area contributed by atoms with Gasteiger partial charge in [0.15, 0.2) is 0 Å². The van der Waals surface area contributed by atoms with Crippen molar-refractivity contribution in [1.82, 2.24) is 9.13 Å². The van der Waals surface area contributed by atoms with E-state index in [0.717, 1.165) is 35.1 Å². The van der Waals surface area contributed by atoms with Crippen molar-refractivity contribution in [3.8, 4) is 0 Å². The summed E-state index contributed by atoms with van der Waals surface area (Å²) in [6.45, 7) is 3.57. The molecule has 0 fully saturated rings. The fourth-order valence-electron chi connectivity index (χ4n) is 4.60. The number of carbonyl (C=O) groups is 2.